The Balaban J connectivity index is 1.24. The zero-order chi connectivity index (χ0) is 20.2. The molecule has 0 unspecified atom stereocenters. The first kappa shape index (κ1) is 19.3. The summed E-state index contributed by atoms with van der Waals surface area (Å²) in [6.45, 7) is 3.43. The zero-order valence-electron chi connectivity index (χ0n) is 17.1. The standard InChI is InChI=1S/C23H30F3N3/c1-16-12-19-20(4-2-5-21(19)29(16)15-23(24,25)26)27-17-6-8-18(9-7-17)28-13-22(14-28)10-3-11-22/h2,4-5,12,17-18,27H,3,6-11,13-15H2,1H3. The van der Waals surface area contributed by atoms with E-state index in [1.54, 1.807) is 13.0 Å². The maximum absolute atomic E-state index is 13.0. The third kappa shape index (κ3) is 3.65. The van der Waals surface area contributed by atoms with Gasteiger partial charge in [-0.15, -0.1) is 0 Å². The number of alkyl halides is 3. The fraction of sp³-hybridized carbons (Fsp3) is 0.652. The summed E-state index contributed by atoms with van der Waals surface area (Å²) in [6, 6.07) is 8.67. The third-order valence-corrected chi connectivity index (χ3v) is 7.55. The Kier molecular flexibility index (Phi) is 4.61. The molecule has 0 radical (unpaired) electrons. The highest BCUT2D eigenvalue weighted by molar-refractivity contribution is 5.93. The number of likely N-dealkylation sites (tertiary alicyclic amines) is 1. The number of nitrogens with zero attached hydrogens (tertiary/aromatic N) is 2. The van der Waals surface area contributed by atoms with E-state index >= 15 is 0 Å². The summed E-state index contributed by atoms with van der Waals surface area (Å²) in [5, 5.41) is 4.54. The van der Waals surface area contributed by atoms with Gasteiger partial charge in [0, 0.05) is 41.9 Å². The van der Waals surface area contributed by atoms with E-state index in [2.05, 4.69) is 10.2 Å². The van der Waals surface area contributed by atoms with E-state index in [9.17, 15) is 13.2 Å². The van der Waals surface area contributed by atoms with Gasteiger partial charge in [0.25, 0.3) is 0 Å². The number of rotatable bonds is 4. The van der Waals surface area contributed by atoms with E-state index in [4.69, 9.17) is 0 Å². The Labute approximate surface area is 170 Å². The van der Waals surface area contributed by atoms with Crippen LogP contribution >= 0.6 is 0 Å². The molecule has 0 atom stereocenters. The molecule has 158 valence electrons. The molecule has 0 bridgehead atoms. The topological polar surface area (TPSA) is 20.2 Å². The molecule has 6 heteroatoms. The first-order chi connectivity index (χ1) is 13.8. The van der Waals surface area contributed by atoms with Gasteiger partial charge >= 0.3 is 6.18 Å². The Morgan fingerprint density at radius 3 is 2.45 bits per heavy atom. The first-order valence-electron chi connectivity index (χ1n) is 11.0. The van der Waals surface area contributed by atoms with E-state index in [1.165, 1.54) is 49.8 Å². The summed E-state index contributed by atoms with van der Waals surface area (Å²) in [7, 11) is 0. The molecule has 29 heavy (non-hydrogen) atoms. The van der Waals surface area contributed by atoms with Gasteiger partial charge in [0.2, 0.25) is 0 Å². The summed E-state index contributed by atoms with van der Waals surface area (Å²) in [6.07, 6.45) is 4.76. The lowest BCUT2D eigenvalue weighted by Crippen LogP contribution is -2.63. The van der Waals surface area contributed by atoms with Gasteiger partial charge in [-0.1, -0.05) is 12.5 Å². The van der Waals surface area contributed by atoms with E-state index in [0.29, 0.717) is 22.7 Å². The van der Waals surface area contributed by atoms with Crippen LogP contribution in [-0.2, 0) is 6.54 Å². The molecule has 1 spiro atoms. The number of halogens is 3. The van der Waals surface area contributed by atoms with Crippen molar-refractivity contribution in [2.75, 3.05) is 18.4 Å². The quantitative estimate of drug-likeness (QED) is 0.702. The van der Waals surface area contributed by atoms with Crippen molar-refractivity contribution in [3.8, 4) is 0 Å². The largest absolute Gasteiger partial charge is 0.406 e. The highest BCUT2D eigenvalue weighted by Crippen LogP contribution is 2.49. The van der Waals surface area contributed by atoms with E-state index < -0.39 is 12.7 Å². The molecule has 1 N–H and O–H groups in total. The van der Waals surface area contributed by atoms with E-state index in [0.717, 1.165) is 30.0 Å². The zero-order valence-corrected chi connectivity index (χ0v) is 17.1. The Morgan fingerprint density at radius 2 is 1.83 bits per heavy atom. The van der Waals surface area contributed by atoms with Gasteiger partial charge in [-0.25, -0.2) is 0 Å². The van der Waals surface area contributed by atoms with Gasteiger partial charge in [-0.3, -0.25) is 4.90 Å². The smallest absolute Gasteiger partial charge is 0.382 e. The van der Waals surface area contributed by atoms with Crippen LogP contribution in [0.2, 0.25) is 0 Å². The van der Waals surface area contributed by atoms with Gasteiger partial charge in [-0.2, -0.15) is 13.2 Å². The van der Waals surface area contributed by atoms with Crippen molar-refractivity contribution < 1.29 is 13.2 Å². The van der Waals surface area contributed by atoms with Crippen LogP contribution in [0.1, 0.15) is 50.6 Å². The van der Waals surface area contributed by atoms with Crippen molar-refractivity contribution in [3.63, 3.8) is 0 Å². The Bertz CT molecular complexity index is 881. The number of benzene rings is 1. The van der Waals surface area contributed by atoms with Crippen LogP contribution in [0.25, 0.3) is 10.9 Å². The number of nitrogens with one attached hydrogen (secondary N) is 1. The Morgan fingerprint density at radius 1 is 1.10 bits per heavy atom. The van der Waals surface area contributed by atoms with Crippen LogP contribution in [0, 0.1) is 12.3 Å². The van der Waals surface area contributed by atoms with Crippen LogP contribution in [0.5, 0.6) is 0 Å². The number of aromatic nitrogens is 1. The predicted octanol–water partition coefficient (Wildman–Crippen LogP) is 5.72. The molecule has 2 saturated carbocycles. The van der Waals surface area contributed by atoms with E-state index in [-0.39, 0.29) is 0 Å². The minimum atomic E-state index is -4.21. The molecule has 1 aliphatic heterocycles. The van der Waals surface area contributed by atoms with Gasteiger partial charge in [0.1, 0.15) is 6.54 Å². The molecule has 3 nitrogen and oxygen atoms in total. The second kappa shape index (κ2) is 6.93. The van der Waals surface area contributed by atoms with Gasteiger partial charge in [-0.05, 0) is 69.1 Å². The predicted molar refractivity (Wildman–Crippen MR) is 110 cm³/mol. The maximum atomic E-state index is 13.0. The highest BCUT2D eigenvalue weighted by atomic mass is 19.4. The molecule has 3 fully saturated rings. The van der Waals surface area contributed by atoms with Crippen LogP contribution in [0.15, 0.2) is 24.3 Å². The fourth-order valence-corrected chi connectivity index (χ4v) is 5.80. The van der Waals surface area contributed by atoms with Crippen molar-refractivity contribution in [2.45, 2.75) is 76.7 Å². The first-order valence-corrected chi connectivity index (χ1v) is 11.0. The minimum absolute atomic E-state index is 0.405. The molecule has 2 heterocycles. The molecule has 1 aromatic carbocycles. The molecule has 0 amide bonds. The summed E-state index contributed by atoms with van der Waals surface area (Å²) >= 11 is 0. The lowest BCUT2D eigenvalue weighted by Gasteiger charge is -2.59. The van der Waals surface area contributed by atoms with Gasteiger partial charge < -0.3 is 9.88 Å². The van der Waals surface area contributed by atoms with Crippen LogP contribution in [0.4, 0.5) is 18.9 Å². The normalized spacial score (nSPS) is 27.0. The minimum Gasteiger partial charge on any atom is -0.382 e. The molecule has 3 aliphatic rings. The maximum Gasteiger partial charge on any atom is 0.406 e. The summed E-state index contributed by atoms with van der Waals surface area (Å²) in [5.74, 6) is 0. The molecule has 1 saturated heterocycles. The van der Waals surface area contributed by atoms with Crippen molar-refractivity contribution in [1.82, 2.24) is 9.47 Å². The average molecular weight is 406 g/mol. The summed E-state index contributed by atoms with van der Waals surface area (Å²) in [4.78, 5) is 2.69. The average Bonchev–Trinajstić information content (AvgIpc) is 2.89. The fourth-order valence-electron chi connectivity index (χ4n) is 5.80. The van der Waals surface area contributed by atoms with Crippen LogP contribution in [0.3, 0.4) is 0 Å². The van der Waals surface area contributed by atoms with Crippen molar-refractivity contribution in [1.29, 1.82) is 0 Å². The van der Waals surface area contributed by atoms with Gasteiger partial charge in [0.05, 0.1) is 5.52 Å². The molecular formula is C23H30F3N3. The van der Waals surface area contributed by atoms with Gasteiger partial charge in [0.15, 0.2) is 0 Å². The number of fused-ring (bicyclic) bond motifs is 1. The molecule has 5 rings (SSSR count). The SMILES string of the molecule is Cc1cc2c(NC3CCC(N4CC5(CCC5)C4)CC3)cccc2n1CC(F)(F)F. The van der Waals surface area contributed by atoms with Crippen molar-refractivity contribution >= 4 is 16.6 Å². The number of hydrogen-bond donors (Lipinski definition) is 1. The Hall–Kier alpha value is -1.69. The summed E-state index contributed by atoms with van der Waals surface area (Å²) < 4.78 is 40.3. The van der Waals surface area contributed by atoms with Crippen LogP contribution in [-0.4, -0.2) is 40.8 Å². The summed E-state index contributed by atoms with van der Waals surface area (Å²) in [5.41, 5.74) is 2.96. The highest BCUT2D eigenvalue weighted by Gasteiger charge is 2.49. The molecule has 1 aromatic heterocycles. The monoisotopic (exact) mass is 405 g/mol. The third-order valence-electron chi connectivity index (χ3n) is 7.55. The number of anilines is 1. The second-order valence-electron chi connectivity index (χ2n) is 9.63. The molecular weight excluding hydrogens is 375 g/mol. The lowest BCUT2D eigenvalue weighted by molar-refractivity contribution is -0.140. The van der Waals surface area contributed by atoms with Crippen molar-refractivity contribution in [2.24, 2.45) is 5.41 Å². The molecule has 2 aromatic rings. The van der Waals surface area contributed by atoms with E-state index in [1.807, 2.05) is 18.2 Å². The molecule has 2 aliphatic carbocycles. The van der Waals surface area contributed by atoms with Crippen molar-refractivity contribution in [3.05, 3.63) is 30.0 Å². The number of aryl methyl sites for hydroxylation is 1. The van der Waals surface area contributed by atoms with Crippen LogP contribution < -0.4 is 5.32 Å². The lowest BCUT2D eigenvalue weighted by atomic mass is 9.63. The number of hydrogen-bond acceptors (Lipinski definition) is 2. The second-order valence-corrected chi connectivity index (χ2v) is 9.63.